The molecule has 0 saturated heterocycles. The summed E-state index contributed by atoms with van der Waals surface area (Å²) in [6.07, 6.45) is -1.77. The van der Waals surface area contributed by atoms with Crippen molar-refractivity contribution in [3.05, 3.63) is 0 Å². The third-order valence-corrected chi connectivity index (χ3v) is 3.84. The maximum atomic E-state index is 12.3. The van der Waals surface area contributed by atoms with Gasteiger partial charge in [-0.2, -0.15) is 0 Å². The van der Waals surface area contributed by atoms with Crippen molar-refractivity contribution in [1.82, 2.24) is 16.0 Å². The van der Waals surface area contributed by atoms with Crippen molar-refractivity contribution < 1.29 is 34.2 Å². The maximum absolute atomic E-state index is 12.3. The van der Waals surface area contributed by atoms with Crippen LogP contribution in [0.15, 0.2) is 0 Å². The van der Waals surface area contributed by atoms with Gasteiger partial charge >= 0.3 is 5.97 Å². The van der Waals surface area contributed by atoms with Crippen LogP contribution in [0.25, 0.3) is 0 Å². The molecule has 0 aliphatic heterocycles. The SMILES string of the molecule is CC(NC(=O)C(CC(N)=O)NC(=O)C(N)C(C)O)C(=O)NC(C(=O)O)C(C)C. The summed E-state index contributed by atoms with van der Waals surface area (Å²) in [6.45, 7) is 5.78. The standard InChI is InChI=1S/C16H29N5O7/c1-6(2)12(16(27)28)21-13(24)7(3)19-14(25)9(5-10(17)23)20-15(26)11(18)8(4)22/h6-9,11-12,22H,5,18H2,1-4H3,(H2,17,23)(H,19,25)(H,20,26)(H,21,24)(H,27,28). The fraction of sp³-hybridized carbons (Fsp3) is 0.688. The van der Waals surface area contributed by atoms with E-state index in [1.807, 2.05) is 0 Å². The molecule has 0 aliphatic carbocycles. The van der Waals surface area contributed by atoms with Crippen molar-refractivity contribution in [2.75, 3.05) is 0 Å². The van der Waals surface area contributed by atoms with Crippen LogP contribution in [0.1, 0.15) is 34.1 Å². The van der Waals surface area contributed by atoms with Crippen LogP contribution in [0.3, 0.4) is 0 Å². The van der Waals surface area contributed by atoms with Crippen molar-refractivity contribution in [2.24, 2.45) is 17.4 Å². The number of aliphatic carboxylic acids is 1. The molecule has 12 nitrogen and oxygen atoms in total. The lowest BCUT2D eigenvalue weighted by Gasteiger charge is -2.24. The first kappa shape index (κ1) is 25.3. The molecule has 0 aromatic carbocycles. The Kier molecular flexibility index (Phi) is 10.1. The average Bonchev–Trinajstić information content (AvgIpc) is 2.56. The molecule has 9 N–H and O–H groups in total. The van der Waals surface area contributed by atoms with Crippen LogP contribution in [0.2, 0.25) is 0 Å². The van der Waals surface area contributed by atoms with Gasteiger partial charge in [-0.25, -0.2) is 4.79 Å². The Bertz CT molecular complexity index is 608. The summed E-state index contributed by atoms with van der Waals surface area (Å²) in [7, 11) is 0. The minimum absolute atomic E-state index is 0.395. The van der Waals surface area contributed by atoms with E-state index in [1.54, 1.807) is 13.8 Å². The molecular weight excluding hydrogens is 374 g/mol. The first-order chi connectivity index (χ1) is 12.8. The van der Waals surface area contributed by atoms with Gasteiger partial charge in [-0.1, -0.05) is 13.8 Å². The molecule has 0 radical (unpaired) electrons. The molecule has 160 valence electrons. The third-order valence-electron chi connectivity index (χ3n) is 3.84. The van der Waals surface area contributed by atoms with E-state index in [2.05, 4.69) is 16.0 Å². The number of primary amides is 1. The predicted molar refractivity (Wildman–Crippen MR) is 97.4 cm³/mol. The molecule has 0 aromatic rings. The van der Waals surface area contributed by atoms with E-state index in [0.717, 1.165) is 0 Å². The Hall–Kier alpha value is -2.73. The number of carboxylic acid groups (broad SMARTS) is 1. The lowest BCUT2D eigenvalue weighted by molar-refractivity contribution is -0.143. The topological polar surface area (TPSA) is 214 Å². The second-order valence-electron chi connectivity index (χ2n) is 6.80. The van der Waals surface area contributed by atoms with Crippen molar-refractivity contribution in [3.63, 3.8) is 0 Å². The summed E-state index contributed by atoms with van der Waals surface area (Å²) in [6, 6.07) is -5.08. The van der Waals surface area contributed by atoms with E-state index in [9.17, 15) is 29.1 Å². The van der Waals surface area contributed by atoms with Crippen molar-refractivity contribution in [1.29, 1.82) is 0 Å². The molecule has 0 bridgehead atoms. The van der Waals surface area contributed by atoms with Crippen LogP contribution in [0, 0.1) is 5.92 Å². The predicted octanol–water partition coefficient (Wildman–Crippen LogP) is -3.22. The molecule has 12 heteroatoms. The fourth-order valence-electron chi connectivity index (χ4n) is 2.07. The smallest absolute Gasteiger partial charge is 0.326 e. The number of hydrogen-bond donors (Lipinski definition) is 7. The monoisotopic (exact) mass is 403 g/mol. The van der Waals surface area contributed by atoms with E-state index in [0.29, 0.717) is 0 Å². The Balaban J connectivity index is 5.09. The Labute approximate surface area is 162 Å². The van der Waals surface area contributed by atoms with Gasteiger partial charge in [0, 0.05) is 0 Å². The van der Waals surface area contributed by atoms with E-state index < -0.39 is 72.2 Å². The summed E-state index contributed by atoms with van der Waals surface area (Å²) < 4.78 is 0. The highest BCUT2D eigenvalue weighted by molar-refractivity contribution is 5.96. The number of carboxylic acids is 1. The van der Waals surface area contributed by atoms with Gasteiger partial charge in [0.05, 0.1) is 12.5 Å². The van der Waals surface area contributed by atoms with E-state index in [4.69, 9.17) is 16.6 Å². The van der Waals surface area contributed by atoms with Gasteiger partial charge in [0.1, 0.15) is 24.2 Å². The van der Waals surface area contributed by atoms with Gasteiger partial charge < -0.3 is 37.6 Å². The highest BCUT2D eigenvalue weighted by Gasteiger charge is 2.30. The summed E-state index contributed by atoms with van der Waals surface area (Å²) in [5.41, 5.74) is 10.5. The van der Waals surface area contributed by atoms with E-state index in [-0.39, 0.29) is 0 Å². The Morgan fingerprint density at radius 2 is 1.43 bits per heavy atom. The number of amides is 4. The molecule has 4 amide bonds. The number of hydrogen-bond acceptors (Lipinski definition) is 7. The summed E-state index contributed by atoms with van der Waals surface area (Å²) in [5, 5.41) is 25.2. The Morgan fingerprint density at radius 3 is 1.82 bits per heavy atom. The minimum Gasteiger partial charge on any atom is -0.480 e. The highest BCUT2D eigenvalue weighted by atomic mass is 16.4. The number of carbonyl (C=O) groups is 5. The second-order valence-corrected chi connectivity index (χ2v) is 6.80. The average molecular weight is 403 g/mol. The number of carbonyl (C=O) groups excluding carboxylic acids is 4. The Morgan fingerprint density at radius 1 is 0.893 bits per heavy atom. The van der Waals surface area contributed by atoms with Gasteiger partial charge in [0.25, 0.3) is 0 Å². The van der Waals surface area contributed by atoms with Gasteiger partial charge in [-0.3, -0.25) is 19.2 Å². The van der Waals surface area contributed by atoms with E-state index in [1.165, 1.54) is 13.8 Å². The summed E-state index contributed by atoms with van der Waals surface area (Å²) in [4.78, 5) is 58.7. The van der Waals surface area contributed by atoms with Crippen molar-refractivity contribution in [3.8, 4) is 0 Å². The molecule has 5 unspecified atom stereocenters. The zero-order valence-electron chi connectivity index (χ0n) is 16.3. The van der Waals surface area contributed by atoms with E-state index >= 15 is 0 Å². The van der Waals surface area contributed by atoms with Gasteiger partial charge in [-0.15, -0.1) is 0 Å². The summed E-state index contributed by atoms with van der Waals surface area (Å²) >= 11 is 0. The third kappa shape index (κ3) is 8.31. The maximum Gasteiger partial charge on any atom is 0.326 e. The lowest BCUT2D eigenvalue weighted by Crippen LogP contribution is -2.58. The summed E-state index contributed by atoms with van der Waals surface area (Å²) in [5.74, 6) is -5.07. The largest absolute Gasteiger partial charge is 0.480 e. The second kappa shape index (κ2) is 11.2. The fourth-order valence-corrected chi connectivity index (χ4v) is 2.07. The molecule has 5 atom stereocenters. The molecule has 0 aliphatic rings. The molecule has 0 heterocycles. The molecule has 0 fully saturated rings. The highest BCUT2D eigenvalue weighted by Crippen LogP contribution is 2.03. The molecular formula is C16H29N5O7. The number of nitrogens with one attached hydrogen (secondary N) is 3. The van der Waals surface area contributed by atoms with Crippen molar-refractivity contribution in [2.45, 2.75) is 64.4 Å². The lowest BCUT2D eigenvalue weighted by atomic mass is 10.0. The van der Waals surface area contributed by atoms with Gasteiger partial charge in [0.15, 0.2) is 0 Å². The van der Waals surface area contributed by atoms with Crippen LogP contribution in [0.4, 0.5) is 0 Å². The van der Waals surface area contributed by atoms with Crippen LogP contribution in [0.5, 0.6) is 0 Å². The zero-order chi connectivity index (χ0) is 22.2. The number of aliphatic hydroxyl groups excluding tert-OH is 1. The molecule has 28 heavy (non-hydrogen) atoms. The van der Waals surface area contributed by atoms with Gasteiger partial charge in [-0.05, 0) is 19.8 Å². The van der Waals surface area contributed by atoms with Gasteiger partial charge in [0.2, 0.25) is 23.6 Å². The molecule has 0 saturated carbocycles. The number of aliphatic hydroxyl groups is 1. The van der Waals surface area contributed by atoms with Crippen LogP contribution >= 0.6 is 0 Å². The number of nitrogens with two attached hydrogens (primary N) is 2. The quantitative estimate of drug-likeness (QED) is 0.186. The first-order valence-electron chi connectivity index (χ1n) is 8.63. The first-order valence-corrected chi connectivity index (χ1v) is 8.63. The van der Waals surface area contributed by atoms with Crippen LogP contribution in [-0.2, 0) is 24.0 Å². The molecule has 0 rings (SSSR count). The molecule has 0 aromatic heterocycles. The zero-order valence-corrected chi connectivity index (χ0v) is 16.3. The normalized spacial score (nSPS) is 16.2. The van der Waals surface area contributed by atoms with Crippen LogP contribution in [-0.4, -0.2) is 70.1 Å². The molecule has 0 spiro atoms. The minimum atomic E-state index is -1.43. The van der Waals surface area contributed by atoms with Crippen LogP contribution < -0.4 is 27.4 Å². The van der Waals surface area contributed by atoms with Crippen molar-refractivity contribution >= 4 is 29.6 Å². The number of rotatable bonds is 11.